The van der Waals surface area contributed by atoms with Gasteiger partial charge in [0.2, 0.25) is 0 Å². The van der Waals surface area contributed by atoms with Crippen LogP contribution < -0.4 is 5.32 Å². The molecule has 3 rings (SSSR count). The molecule has 8 heteroatoms. The summed E-state index contributed by atoms with van der Waals surface area (Å²) in [5.74, 6) is 2.18. The lowest BCUT2D eigenvalue weighted by molar-refractivity contribution is 0.0537. The van der Waals surface area contributed by atoms with Gasteiger partial charge in [0.15, 0.2) is 5.76 Å². The number of ether oxygens (including phenoxy) is 1. The summed E-state index contributed by atoms with van der Waals surface area (Å²) in [6.45, 7) is 6.06. The minimum Gasteiger partial charge on any atom is -0.453 e. The van der Waals surface area contributed by atoms with E-state index in [9.17, 15) is 4.79 Å². The van der Waals surface area contributed by atoms with Crippen molar-refractivity contribution < 1.29 is 13.9 Å². The van der Waals surface area contributed by atoms with Crippen molar-refractivity contribution in [3.05, 3.63) is 54.3 Å². The summed E-state index contributed by atoms with van der Waals surface area (Å²) >= 11 is 0. The number of anilines is 1. The molecule has 0 aromatic carbocycles. The van der Waals surface area contributed by atoms with Gasteiger partial charge in [-0.1, -0.05) is 0 Å². The zero-order chi connectivity index (χ0) is 17.8. The van der Waals surface area contributed by atoms with Gasteiger partial charge in [-0.2, -0.15) is 0 Å². The van der Waals surface area contributed by atoms with Gasteiger partial charge >= 0.3 is 0 Å². The number of rotatable bonds is 6. The van der Waals surface area contributed by atoms with Gasteiger partial charge in [-0.15, -0.1) is 0 Å². The number of aryl methyl sites for hydroxylation is 1. The van der Waals surface area contributed by atoms with Crippen LogP contribution in [-0.4, -0.2) is 31.5 Å². The van der Waals surface area contributed by atoms with Crippen LogP contribution in [0.1, 0.15) is 36.0 Å². The molecule has 0 aliphatic carbocycles. The molecule has 1 N–H and O–H groups in total. The highest BCUT2D eigenvalue weighted by molar-refractivity contribution is 6.01. The van der Waals surface area contributed by atoms with Crippen LogP contribution in [0.5, 0.6) is 0 Å². The number of furan rings is 1. The van der Waals surface area contributed by atoms with E-state index in [1.54, 1.807) is 35.2 Å². The van der Waals surface area contributed by atoms with E-state index in [2.05, 4.69) is 20.3 Å². The number of amides is 1. The predicted molar refractivity (Wildman–Crippen MR) is 90.5 cm³/mol. The largest absolute Gasteiger partial charge is 0.453 e. The van der Waals surface area contributed by atoms with E-state index in [1.165, 1.54) is 6.33 Å². The summed E-state index contributed by atoms with van der Waals surface area (Å²) in [6, 6.07) is 4.99. The zero-order valence-corrected chi connectivity index (χ0v) is 14.3. The first kappa shape index (κ1) is 16.8. The number of aromatic nitrogens is 4. The van der Waals surface area contributed by atoms with Crippen LogP contribution in [0.25, 0.3) is 5.82 Å². The molecule has 0 radical (unpaired) electrons. The fourth-order valence-corrected chi connectivity index (χ4v) is 2.17. The van der Waals surface area contributed by atoms with E-state index in [4.69, 9.17) is 9.15 Å². The summed E-state index contributed by atoms with van der Waals surface area (Å²) in [5.41, 5.74) is 0. The van der Waals surface area contributed by atoms with Crippen LogP contribution in [0.15, 0.2) is 41.3 Å². The first-order valence-electron chi connectivity index (χ1n) is 7.87. The average molecular weight is 341 g/mol. The molecule has 25 heavy (non-hydrogen) atoms. The van der Waals surface area contributed by atoms with Crippen molar-refractivity contribution in [2.75, 3.05) is 5.32 Å². The van der Waals surface area contributed by atoms with Crippen LogP contribution in [0.2, 0.25) is 0 Å². The van der Waals surface area contributed by atoms with Crippen molar-refractivity contribution in [1.82, 2.24) is 19.5 Å². The van der Waals surface area contributed by atoms with Gasteiger partial charge in [0.25, 0.3) is 5.91 Å². The summed E-state index contributed by atoms with van der Waals surface area (Å²) in [6.07, 6.45) is 4.94. The molecule has 0 fully saturated rings. The van der Waals surface area contributed by atoms with Crippen molar-refractivity contribution in [2.24, 2.45) is 0 Å². The maximum atomic E-state index is 12.3. The highest BCUT2D eigenvalue weighted by Crippen LogP contribution is 2.14. The topological polar surface area (TPSA) is 95.1 Å². The number of hydrogen-bond donors (Lipinski definition) is 1. The summed E-state index contributed by atoms with van der Waals surface area (Å²) in [7, 11) is 0. The molecule has 0 aliphatic rings. The summed E-state index contributed by atoms with van der Waals surface area (Å²) in [4.78, 5) is 24.7. The Hall–Kier alpha value is -3.00. The Morgan fingerprint density at radius 2 is 2.16 bits per heavy atom. The molecule has 0 bridgehead atoms. The van der Waals surface area contributed by atoms with Crippen molar-refractivity contribution in [3.63, 3.8) is 0 Å². The highest BCUT2D eigenvalue weighted by atomic mass is 16.5. The van der Waals surface area contributed by atoms with Gasteiger partial charge in [0.05, 0.1) is 6.10 Å². The number of nitrogens with zero attached hydrogens (tertiary/aromatic N) is 4. The molecule has 1 amide bonds. The first-order valence-corrected chi connectivity index (χ1v) is 7.87. The number of nitrogens with one attached hydrogen (secondary N) is 1. The molecular formula is C17H19N5O3. The Morgan fingerprint density at radius 3 is 2.88 bits per heavy atom. The standard InChI is InChI=1S/C17H19N5O3/c1-11(2)24-9-13-4-5-14(25-13)17(23)21-15-8-16(20-10-19-15)22-7-6-18-12(22)3/h4-8,10-11H,9H2,1-3H3,(H,19,20,21,23). The van der Waals surface area contributed by atoms with Gasteiger partial charge < -0.3 is 14.5 Å². The molecule has 3 heterocycles. The first-order chi connectivity index (χ1) is 12.0. The monoisotopic (exact) mass is 341 g/mol. The van der Waals surface area contributed by atoms with Gasteiger partial charge in [-0.3, -0.25) is 9.36 Å². The van der Waals surface area contributed by atoms with Crippen molar-refractivity contribution >= 4 is 11.7 Å². The maximum Gasteiger partial charge on any atom is 0.292 e. The highest BCUT2D eigenvalue weighted by Gasteiger charge is 2.13. The van der Waals surface area contributed by atoms with E-state index < -0.39 is 0 Å². The van der Waals surface area contributed by atoms with E-state index in [1.807, 2.05) is 20.8 Å². The van der Waals surface area contributed by atoms with Crippen LogP contribution in [-0.2, 0) is 11.3 Å². The number of carbonyl (C=O) groups excluding carboxylic acids is 1. The average Bonchev–Trinajstić information content (AvgIpc) is 3.22. The Balaban J connectivity index is 1.70. The number of imidazole rings is 1. The number of hydrogen-bond acceptors (Lipinski definition) is 6. The normalized spacial score (nSPS) is 11.0. The SMILES string of the molecule is Cc1nccn1-c1cc(NC(=O)c2ccc(COC(C)C)o2)ncn1. The third-order valence-corrected chi connectivity index (χ3v) is 3.41. The van der Waals surface area contributed by atoms with Gasteiger partial charge in [0.1, 0.15) is 36.2 Å². The molecule has 0 saturated carbocycles. The minimum atomic E-state index is -0.386. The second kappa shape index (κ2) is 7.27. The van der Waals surface area contributed by atoms with E-state index >= 15 is 0 Å². The summed E-state index contributed by atoms with van der Waals surface area (Å²) < 4.78 is 12.7. The van der Waals surface area contributed by atoms with Gasteiger partial charge in [0, 0.05) is 18.5 Å². The molecule has 8 nitrogen and oxygen atoms in total. The summed E-state index contributed by atoms with van der Waals surface area (Å²) in [5, 5.41) is 2.70. The minimum absolute atomic E-state index is 0.0912. The fourth-order valence-electron chi connectivity index (χ4n) is 2.17. The Morgan fingerprint density at radius 1 is 1.32 bits per heavy atom. The molecule has 0 unspecified atom stereocenters. The maximum absolute atomic E-state index is 12.3. The molecule has 0 atom stereocenters. The quantitative estimate of drug-likeness (QED) is 0.741. The number of carbonyl (C=O) groups is 1. The molecule has 0 spiro atoms. The molecule has 0 aliphatic heterocycles. The van der Waals surface area contributed by atoms with Gasteiger partial charge in [-0.05, 0) is 32.9 Å². The zero-order valence-electron chi connectivity index (χ0n) is 14.3. The second-order valence-electron chi connectivity index (χ2n) is 5.69. The van der Waals surface area contributed by atoms with Gasteiger partial charge in [-0.25, -0.2) is 15.0 Å². The van der Waals surface area contributed by atoms with E-state index in [0.29, 0.717) is 24.0 Å². The van der Waals surface area contributed by atoms with E-state index in [0.717, 1.165) is 5.82 Å². The Labute approximate surface area is 144 Å². The van der Waals surface area contributed by atoms with E-state index in [-0.39, 0.29) is 17.8 Å². The molecule has 0 saturated heterocycles. The van der Waals surface area contributed by atoms with Crippen molar-refractivity contribution in [3.8, 4) is 5.82 Å². The smallest absolute Gasteiger partial charge is 0.292 e. The third kappa shape index (κ3) is 4.10. The van der Waals surface area contributed by atoms with Crippen LogP contribution >= 0.6 is 0 Å². The lowest BCUT2D eigenvalue weighted by Gasteiger charge is -2.07. The van der Waals surface area contributed by atoms with Crippen LogP contribution in [0.3, 0.4) is 0 Å². The predicted octanol–water partition coefficient (Wildman–Crippen LogP) is 2.74. The van der Waals surface area contributed by atoms with Crippen molar-refractivity contribution in [1.29, 1.82) is 0 Å². The Bertz CT molecular complexity index is 869. The third-order valence-electron chi connectivity index (χ3n) is 3.41. The van der Waals surface area contributed by atoms with Crippen LogP contribution in [0, 0.1) is 6.92 Å². The molecular weight excluding hydrogens is 322 g/mol. The molecule has 130 valence electrons. The lowest BCUT2D eigenvalue weighted by atomic mass is 10.4. The molecule has 3 aromatic rings. The van der Waals surface area contributed by atoms with Crippen molar-refractivity contribution in [2.45, 2.75) is 33.5 Å². The Kier molecular flexibility index (Phi) is 4.90. The van der Waals surface area contributed by atoms with Crippen LogP contribution in [0.4, 0.5) is 5.82 Å². The fraction of sp³-hybridized carbons (Fsp3) is 0.294. The second-order valence-corrected chi connectivity index (χ2v) is 5.69. The lowest BCUT2D eigenvalue weighted by Crippen LogP contribution is -2.13. The molecule has 3 aromatic heterocycles.